The predicted molar refractivity (Wildman–Crippen MR) is 77.1 cm³/mol. The molecule has 0 fully saturated rings. The van der Waals surface area contributed by atoms with E-state index in [1.54, 1.807) is 17.5 Å². The quantitative estimate of drug-likeness (QED) is 0.849. The van der Waals surface area contributed by atoms with Crippen molar-refractivity contribution < 1.29 is 22.7 Å². The lowest BCUT2D eigenvalue weighted by atomic mass is 10.1. The summed E-state index contributed by atoms with van der Waals surface area (Å²) >= 11 is 1.32. The van der Waals surface area contributed by atoms with Crippen LogP contribution in [0.5, 0.6) is 0 Å². The van der Waals surface area contributed by atoms with Crippen molar-refractivity contribution in [3.63, 3.8) is 0 Å². The molecule has 2 N–H and O–H groups in total. The van der Waals surface area contributed by atoms with E-state index < -0.39 is 33.6 Å². The standard InChI is InChI=1S/C13H12FNO4S2/c14-10-5-3-9(4-6-10)13(11-2-1-7-20-11)15-21(18,19)8-12(16)17/h1-7,13,15H,8H2,(H,16,17). The van der Waals surface area contributed by atoms with Crippen LogP contribution in [0.25, 0.3) is 0 Å². The smallest absolute Gasteiger partial charge is 0.320 e. The van der Waals surface area contributed by atoms with Crippen LogP contribution in [0, 0.1) is 5.82 Å². The third-order valence-corrected chi connectivity index (χ3v) is 4.80. The molecule has 2 aromatic rings. The normalized spacial score (nSPS) is 13.0. The first-order valence-electron chi connectivity index (χ1n) is 5.88. The lowest BCUT2D eigenvalue weighted by molar-refractivity contribution is -0.134. The Morgan fingerprint density at radius 3 is 2.48 bits per heavy atom. The molecule has 5 nitrogen and oxygen atoms in total. The number of halogens is 1. The number of rotatable bonds is 6. The number of carboxylic acid groups (broad SMARTS) is 1. The molecule has 1 atom stereocenters. The van der Waals surface area contributed by atoms with Crippen molar-refractivity contribution in [1.82, 2.24) is 4.72 Å². The highest BCUT2D eigenvalue weighted by Crippen LogP contribution is 2.27. The molecular weight excluding hydrogens is 317 g/mol. The van der Waals surface area contributed by atoms with Gasteiger partial charge in [0.05, 0.1) is 6.04 Å². The van der Waals surface area contributed by atoms with E-state index in [0.717, 1.165) is 0 Å². The fourth-order valence-corrected chi connectivity index (χ4v) is 3.69. The van der Waals surface area contributed by atoms with Crippen molar-refractivity contribution >= 4 is 27.3 Å². The van der Waals surface area contributed by atoms with Crippen molar-refractivity contribution in [2.45, 2.75) is 6.04 Å². The maximum absolute atomic E-state index is 13.0. The van der Waals surface area contributed by atoms with Crippen LogP contribution in [0.1, 0.15) is 16.5 Å². The predicted octanol–water partition coefficient (Wildman–Crippen LogP) is 1.98. The van der Waals surface area contributed by atoms with Crippen molar-refractivity contribution in [3.05, 3.63) is 58.0 Å². The van der Waals surface area contributed by atoms with E-state index in [1.807, 2.05) is 0 Å². The van der Waals surface area contributed by atoms with Crippen LogP contribution >= 0.6 is 11.3 Å². The van der Waals surface area contributed by atoms with Gasteiger partial charge >= 0.3 is 5.97 Å². The van der Waals surface area contributed by atoms with Gasteiger partial charge in [-0.3, -0.25) is 4.79 Å². The van der Waals surface area contributed by atoms with Gasteiger partial charge in [-0.1, -0.05) is 18.2 Å². The van der Waals surface area contributed by atoms with E-state index >= 15 is 0 Å². The van der Waals surface area contributed by atoms with Gasteiger partial charge in [-0.15, -0.1) is 11.3 Å². The van der Waals surface area contributed by atoms with Crippen molar-refractivity contribution in [2.24, 2.45) is 0 Å². The summed E-state index contributed by atoms with van der Waals surface area (Å²) in [6, 6.07) is 8.11. The largest absolute Gasteiger partial charge is 0.480 e. The molecular formula is C13H12FNO4S2. The summed E-state index contributed by atoms with van der Waals surface area (Å²) in [5.41, 5.74) is 0.535. The molecule has 112 valence electrons. The second-order valence-corrected chi connectivity index (χ2v) is 7.00. The molecule has 1 unspecified atom stereocenters. The van der Waals surface area contributed by atoms with Crippen LogP contribution in [0.2, 0.25) is 0 Å². The molecule has 0 spiro atoms. The van der Waals surface area contributed by atoms with Crippen LogP contribution in [0.4, 0.5) is 4.39 Å². The zero-order valence-electron chi connectivity index (χ0n) is 10.7. The van der Waals surface area contributed by atoms with Crippen LogP contribution in [-0.4, -0.2) is 25.2 Å². The van der Waals surface area contributed by atoms with Gasteiger partial charge in [0.2, 0.25) is 10.0 Å². The topological polar surface area (TPSA) is 83.5 Å². The van der Waals surface area contributed by atoms with Crippen LogP contribution in [-0.2, 0) is 14.8 Å². The molecule has 0 aliphatic heterocycles. The number of thiophene rings is 1. The first-order chi connectivity index (χ1) is 9.87. The number of sulfonamides is 1. The first-order valence-corrected chi connectivity index (χ1v) is 8.41. The molecule has 0 aliphatic carbocycles. The highest BCUT2D eigenvalue weighted by molar-refractivity contribution is 7.90. The minimum absolute atomic E-state index is 0.433. The number of carboxylic acids is 1. The Balaban J connectivity index is 2.34. The molecule has 0 saturated heterocycles. The average Bonchev–Trinajstić information content (AvgIpc) is 2.89. The third kappa shape index (κ3) is 4.35. The molecule has 1 heterocycles. The summed E-state index contributed by atoms with van der Waals surface area (Å²) in [6.45, 7) is 0. The molecule has 0 bridgehead atoms. The summed E-state index contributed by atoms with van der Waals surface area (Å²) in [7, 11) is -4.00. The number of carbonyl (C=O) groups is 1. The fraction of sp³-hybridized carbons (Fsp3) is 0.154. The van der Waals surface area contributed by atoms with Gasteiger partial charge in [-0.2, -0.15) is 0 Å². The number of hydrogen-bond donors (Lipinski definition) is 2. The van der Waals surface area contributed by atoms with Crippen molar-refractivity contribution in [1.29, 1.82) is 0 Å². The molecule has 2 rings (SSSR count). The SMILES string of the molecule is O=C(O)CS(=O)(=O)NC(c1ccc(F)cc1)c1cccs1. The van der Waals surface area contributed by atoms with Gasteiger partial charge in [-0.25, -0.2) is 17.5 Å². The number of aliphatic carboxylic acids is 1. The second kappa shape index (κ2) is 6.33. The molecule has 8 heteroatoms. The monoisotopic (exact) mass is 329 g/mol. The van der Waals surface area contributed by atoms with Gasteiger partial charge in [0.1, 0.15) is 5.82 Å². The Morgan fingerprint density at radius 1 is 1.29 bits per heavy atom. The summed E-state index contributed by atoms with van der Waals surface area (Å²) < 4.78 is 39.0. The average molecular weight is 329 g/mol. The Morgan fingerprint density at radius 2 is 1.95 bits per heavy atom. The summed E-state index contributed by atoms with van der Waals surface area (Å²) in [5, 5.41) is 10.4. The highest BCUT2D eigenvalue weighted by Gasteiger charge is 2.24. The summed E-state index contributed by atoms with van der Waals surface area (Å²) in [5.74, 6) is -2.89. The Hall–Kier alpha value is -1.77. The van der Waals surface area contributed by atoms with Gasteiger partial charge in [0.15, 0.2) is 5.75 Å². The fourth-order valence-electron chi connectivity index (χ4n) is 1.78. The number of hydrogen-bond acceptors (Lipinski definition) is 4. The van der Waals surface area contributed by atoms with Gasteiger partial charge < -0.3 is 5.11 Å². The van der Waals surface area contributed by atoms with E-state index in [2.05, 4.69) is 4.72 Å². The highest BCUT2D eigenvalue weighted by atomic mass is 32.2. The Labute approximate surface area is 125 Å². The second-order valence-electron chi connectivity index (χ2n) is 4.27. The molecule has 0 aliphatic rings. The maximum atomic E-state index is 13.0. The maximum Gasteiger partial charge on any atom is 0.320 e. The van der Waals surface area contributed by atoms with E-state index in [4.69, 9.17) is 5.11 Å². The zero-order chi connectivity index (χ0) is 15.5. The summed E-state index contributed by atoms with van der Waals surface area (Å²) in [6.07, 6.45) is 0. The van der Waals surface area contributed by atoms with Crippen molar-refractivity contribution in [2.75, 3.05) is 5.75 Å². The minimum atomic E-state index is -4.00. The van der Waals surface area contributed by atoms with Crippen molar-refractivity contribution in [3.8, 4) is 0 Å². The minimum Gasteiger partial charge on any atom is -0.480 e. The van der Waals surface area contributed by atoms with Gasteiger partial charge in [0, 0.05) is 4.88 Å². The number of benzene rings is 1. The van der Waals surface area contributed by atoms with E-state index in [-0.39, 0.29) is 0 Å². The lowest BCUT2D eigenvalue weighted by Gasteiger charge is -2.17. The molecule has 1 aromatic heterocycles. The molecule has 21 heavy (non-hydrogen) atoms. The zero-order valence-corrected chi connectivity index (χ0v) is 12.3. The van der Waals surface area contributed by atoms with Crippen LogP contribution < -0.4 is 4.72 Å². The van der Waals surface area contributed by atoms with Gasteiger partial charge in [-0.05, 0) is 29.1 Å². The molecule has 0 radical (unpaired) electrons. The lowest BCUT2D eigenvalue weighted by Crippen LogP contribution is -2.33. The van der Waals surface area contributed by atoms with Gasteiger partial charge in [0.25, 0.3) is 0 Å². The summed E-state index contributed by atoms with van der Waals surface area (Å²) in [4.78, 5) is 11.3. The molecule has 1 aromatic carbocycles. The Kier molecular flexibility index (Phi) is 4.71. The van der Waals surface area contributed by atoms with E-state index in [1.165, 1.54) is 35.6 Å². The third-order valence-electron chi connectivity index (χ3n) is 2.64. The molecule has 0 saturated carbocycles. The molecule has 0 amide bonds. The van der Waals surface area contributed by atoms with E-state index in [0.29, 0.717) is 10.4 Å². The number of nitrogens with one attached hydrogen (secondary N) is 1. The first kappa shape index (κ1) is 15.6. The Bertz CT molecular complexity index is 711. The van der Waals surface area contributed by atoms with E-state index in [9.17, 15) is 17.6 Å². The van der Waals surface area contributed by atoms with Crippen LogP contribution in [0.3, 0.4) is 0 Å². The van der Waals surface area contributed by atoms with Crippen LogP contribution in [0.15, 0.2) is 41.8 Å².